The molecule has 1 nitrogen and oxygen atoms in total. The van der Waals surface area contributed by atoms with Gasteiger partial charge in [-0.3, -0.25) is 0 Å². The zero-order valence-corrected chi connectivity index (χ0v) is 8.60. The van der Waals surface area contributed by atoms with Gasteiger partial charge in [0.1, 0.15) is 5.60 Å². The molecule has 0 aromatic heterocycles. The third-order valence-corrected chi connectivity index (χ3v) is 2.66. The van der Waals surface area contributed by atoms with Crippen molar-refractivity contribution in [3.63, 3.8) is 0 Å². The zero-order valence-electron chi connectivity index (χ0n) is 8.60. The third kappa shape index (κ3) is 3.83. The molecule has 1 N–H and O–H groups in total. The van der Waals surface area contributed by atoms with Crippen LogP contribution in [0.2, 0.25) is 0 Å². The molecule has 0 atom stereocenters. The van der Waals surface area contributed by atoms with Crippen molar-refractivity contribution in [2.45, 2.75) is 63.9 Å². The van der Waals surface area contributed by atoms with Gasteiger partial charge in [0.05, 0.1) is 0 Å². The van der Waals surface area contributed by atoms with Crippen LogP contribution in [0.3, 0.4) is 0 Å². The first-order valence-electron chi connectivity index (χ1n) is 5.49. The highest BCUT2D eigenvalue weighted by molar-refractivity contribution is 5.15. The molecule has 13 heavy (non-hydrogen) atoms. The molecule has 0 radical (unpaired) electrons. The molecule has 0 heterocycles. The average molecular weight is 180 g/mol. The topological polar surface area (TPSA) is 20.2 Å². The molecule has 0 aromatic rings. The molecule has 0 saturated heterocycles. The second-order valence-electron chi connectivity index (χ2n) is 4.00. The molecule has 1 rings (SSSR count). The molecule has 0 aliphatic heterocycles. The molecular formula is C12H20O. The number of hydrogen-bond donors (Lipinski definition) is 1. The van der Waals surface area contributed by atoms with E-state index in [0.29, 0.717) is 0 Å². The summed E-state index contributed by atoms with van der Waals surface area (Å²) in [5.41, 5.74) is -0.619. The molecule has 1 saturated carbocycles. The maximum Gasteiger partial charge on any atom is 0.125 e. The van der Waals surface area contributed by atoms with Crippen LogP contribution in [0, 0.1) is 11.8 Å². The lowest BCUT2D eigenvalue weighted by molar-refractivity contribution is 0.110. The Morgan fingerprint density at radius 2 is 1.92 bits per heavy atom. The van der Waals surface area contributed by atoms with E-state index in [-0.39, 0.29) is 0 Å². The van der Waals surface area contributed by atoms with Gasteiger partial charge in [-0.2, -0.15) is 0 Å². The fraction of sp³-hybridized carbons (Fsp3) is 0.833. The molecule has 1 fully saturated rings. The van der Waals surface area contributed by atoms with Gasteiger partial charge in [0.2, 0.25) is 0 Å². The van der Waals surface area contributed by atoms with Crippen molar-refractivity contribution in [1.82, 2.24) is 0 Å². The standard InChI is InChI=1S/C12H20O/c1-2-3-4-5-6-9-12(13)10-7-8-11-12/h13H,2-5,7-8,10-11H2,1H3. The molecule has 1 heteroatoms. The van der Waals surface area contributed by atoms with Crippen molar-refractivity contribution < 1.29 is 5.11 Å². The Morgan fingerprint density at radius 3 is 2.54 bits per heavy atom. The van der Waals surface area contributed by atoms with Gasteiger partial charge in [0, 0.05) is 6.42 Å². The quantitative estimate of drug-likeness (QED) is 0.523. The van der Waals surface area contributed by atoms with Crippen LogP contribution < -0.4 is 0 Å². The van der Waals surface area contributed by atoms with E-state index in [1.807, 2.05) is 0 Å². The minimum atomic E-state index is -0.619. The highest BCUT2D eigenvalue weighted by Gasteiger charge is 2.28. The summed E-state index contributed by atoms with van der Waals surface area (Å²) >= 11 is 0. The van der Waals surface area contributed by atoms with Gasteiger partial charge in [-0.15, -0.1) is 5.92 Å². The smallest absolute Gasteiger partial charge is 0.125 e. The molecule has 0 spiro atoms. The van der Waals surface area contributed by atoms with Crippen molar-refractivity contribution in [3.8, 4) is 11.8 Å². The second-order valence-corrected chi connectivity index (χ2v) is 4.00. The molecule has 0 unspecified atom stereocenters. The average Bonchev–Trinajstić information content (AvgIpc) is 2.53. The van der Waals surface area contributed by atoms with Gasteiger partial charge in [0.25, 0.3) is 0 Å². The molecule has 1 aliphatic carbocycles. The van der Waals surface area contributed by atoms with Crippen molar-refractivity contribution in [3.05, 3.63) is 0 Å². The first-order chi connectivity index (χ1) is 6.27. The minimum absolute atomic E-state index is 0.619. The summed E-state index contributed by atoms with van der Waals surface area (Å²) in [6.45, 7) is 2.19. The van der Waals surface area contributed by atoms with Crippen molar-refractivity contribution >= 4 is 0 Å². The number of unbranched alkanes of at least 4 members (excludes halogenated alkanes) is 3. The fourth-order valence-corrected chi connectivity index (χ4v) is 1.78. The molecule has 74 valence electrons. The maximum atomic E-state index is 9.87. The van der Waals surface area contributed by atoms with Crippen LogP contribution in [0.5, 0.6) is 0 Å². The predicted octanol–water partition coefficient (Wildman–Crippen LogP) is 2.88. The Labute approximate surface area is 81.5 Å². The Bertz CT molecular complexity index is 191. The SMILES string of the molecule is CCCCCC#CC1(O)CCCC1. The van der Waals surface area contributed by atoms with Crippen LogP contribution in [0.25, 0.3) is 0 Å². The van der Waals surface area contributed by atoms with Crippen LogP contribution in [-0.4, -0.2) is 10.7 Å². The zero-order chi connectivity index (χ0) is 9.57. The summed E-state index contributed by atoms with van der Waals surface area (Å²) in [6, 6.07) is 0. The second kappa shape index (κ2) is 5.29. The van der Waals surface area contributed by atoms with E-state index in [1.54, 1.807) is 0 Å². The van der Waals surface area contributed by atoms with E-state index in [4.69, 9.17) is 0 Å². The predicted molar refractivity (Wildman–Crippen MR) is 55.3 cm³/mol. The number of hydrogen-bond acceptors (Lipinski definition) is 1. The lowest BCUT2D eigenvalue weighted by atomic mass is 10.0. The highest BCUT2D eigenvalue weighted by Crippen LogP contribution is 2.28. The fourth-order valence-electron chi connectivity index (χ4n) is 1.78. The summed E-state index contributed by atoms with van der Waals surface area (Å²) in [4.78, 5) is 0. The van der Waals surface area contributed by atoms with Crippen molar-refractivity contribution in [2.24, 2.45) is 0 Å². The van der Waals surface area contributed by atoms with Crippen LogP contribution in [0.1, 0.15) is 58.3 Å². The maximum absolute atomic E-state index is 9.87. The van der Waals surface area contributed by atoms with E-state index >= 15 is 0 Å². The lowest BCUT2D eigenvalue weighted by Gasteiger charge is -2.12. The lowest BCUT2D eigenvalue weighted by Crippen LogP contribution is -2.20. The van der Waals surface area contributed by atoms with Gasteiger partial charge in [-0.05, 0) is 32.1 Å². The number of aliphatic hydroxyl groups is 1. The Hall–Kier alpha value is -0.480. The normalized spacial score (nSPS) is 19.5. The van der Waals surface area contributed by atoms with Gasteiger partial charge >= 0.3 is 0 Å². The van der Waals surface area contributed by atoms with Gasteiger partial charge < -0.3 is 5.11 Å². The Morgan fingerprint density at radius 1 is 1.23 bits per heavy atom. The van der Waals surface area contributed by atoms with Crippen molar-refractivity contribution in [1.29, 1.82) is 0 Å². The first kappa shape index (κ1) is 10.6. The largest absolute Gasteiger partial charge is 0.378 e. The molecular weight excluding hydrogens is 160 g/mol. The first-order valence-corrected chi connectivity index (χ1v) is 5.49. The van der Waals surface area contributed by atoms with Crippen LogP contribution in [0.4, 0.5) is 0 Å². The molecule has 1 aliphatic rings. The molecule has 0 aromatic carbocycles. The van der Waals surface area contributed by atoms with E-state index in [2.05, 4.69) is 18.8 Å². The van der Waals surface area contributed by atoms with Gasteiger partial charge in [-0.25, -0.2) is 0 Å². The van der Waals surface area contributed by atoms with Crippen LogP contribution >= 0.6 is 0 Å². The molecule has 0 bridgehead atoms. The van der Waals surface area contributed by atoms with Gasteiger partial charge in [0.15, 0.2) is 0 Å². The van der Waals surface area contributed by atoms with Crippen LogP contribution in [-0.2, 0) is 0 Å². The van der Waals surface area contributed by atoms with Crippen molar-refractivity contribution in [2.75, 3.05) is 0 Å². The van der Waals surface area contributed by atoms with E-state index in [9.17, 15) is 5.11 Å². The summed E-state index contributed by atoms with van der Waals surface area (Å²) in [5.74, 6) is 6.13. The summed E-state index contributed by atoms with van der Waals surface area (Å²) < 4.78 is 0. The Kier molecular flexibility index (Phi) is 4.32. The van der Waals surface area contributed by atoms with E-state index in [1.165, 1.54) is 19.3 Å². The summed E-state index contributed by atoms with van der Waals surface area (Å²) in [7, 11) is 0. The Balaban J connectivity index is 2.21. The van der Waals surface area contributed by atoms with E-state index in [0.717, 1.165) is 32.1 Å². The van der Waals surface area contributed by atoms with E-state index < -0.39 is 5.60 Å². The third-order valence-electron chi connectivity index (χ3n) is 2.66. The number of rotatable bonds is 3. The minimum Gasteiger partial charge on any atom is -0.378 e. The highest BCUT2D eigenvalue weighted by atomic mass is 16.3. The molecule has 0 amide bonds. The van der Waals surface area contributed by atoms with Gasteiger partial charge in [-0.1, -0.05) is 25.7 Å². The summed E-state index contributed by atoms with van der Waals surface area (Å²) in [6.07, 6.45) is 8.68. The monoisotopic (exact) mass is 180 g/mol. The summed E-state index contributed by atoms with van der Waals surface area (Å²) in [5, 5.41) is 9.87. The van der Waals surface area contributed by atoms with Crippen LogP contribution in [0.15, 0.2) is 0 Å².